The summed E-state index contributed by atoms with van der Waals surface area (Å²) in [5.74, 6) is 1.83. The molecule has 1 heterocycles. The van der Waals surface area contributed by atoms with Crippen molar-refractivity contribution in [3.8, 4) is 0 Å². The Bertz CT molecular complexity index is 741. The lowest BCUT2D eigenvalue weighted by Gasteiger charge is -2.52. The highest BCUT2D eigenvalue weighted by Crippen LogP contribution is 2.40. The van der Waals surface area contributed by atoms with Gasteiger partial charge >= 0.3 is 0 Å². The maximum absolute atomic E-state index is 5.76. The SMILES string of the molecule is C=C(C)OC(=C)C(C)(NC)C1CN(C(c2ccccc2)c2ccccc2)C1. The van der Waals surface area contributed by atoms with Crippen LogP contribution in [0.4, 0.5) is 0 Å². The minimum atomic E-state index is -0.284. The van der Waals surface area contributed by atoms with E-state index in [1.165, 1.54) is 11.1 Å². The van der Waals surface area contributed by atoms with Crippen LogP contribution >= 0.6 is 0 Å². The summed E-state index contributed by atoms with van der Waals surface area (Å²) in [6.07, 6.45) is 0. The predicted molar refractivity (Wildman–Crippen MR) is 112 cm³/mol. The summed E-state index contributed by atoms with van der Waals surface area (Å²) in [5.41, 5.74) is 2.36. The molecule has 3 heteroatoms. The van der Waals surface area contributed by atoms with Crippen molar-refractivity contribution >= 4 is 0 Å². The second-order valence-corrected chi connectivity index (χ2v) is 7.55. The fourth-order valence-corrected chi connectivity index (χ4v) is 3.86. The van der Waals surface area contributed by atoms with Crippen LogP contribution < -0.4 is 5.32 Å². The number of likely N-dealkylation sites (tertiary alicyclic amines) is 1. The molecule has 3 rings (SSSR count). The van der Waals surface area contributed by atoms with Crippen LogP contribution in [0.15, 0.2) is 85.3 Å². The number of hydrogen-bond acceptors (Lipinski definition) is 3. The van der Waals surface area contributed by atoms with Gasteiger partial charge in [-0.3, -0.25) is 4.90 Å². The zero-order valence-corrected chi connectivity index (χ0v) is 16.6. The Morgan fingerprint density at radius 1 is 1.04 bits per heavy atom. The van der Waals surface area contributed by atoms with Crippen molar-refractivity contribution in [3.63, 3.8) is 0 Å². The van der Waals surface area contributed by atoms with E-state index in [-0.39, 0.29) is 11.6 Å². The Kier molecular flexibility index (Phi) is 5.83. The molecule has 0 aromatic heterocycles. The number of nitrogens with one attached hydrogen (secondary N) is 1. The highest BCUT2D eigenvalue weighted by atomic mass is 16.5. The van der Waals surface area contributed by atoms with Crippen LogP contribution in [-0.2, 0) is 4.74 Å². The molecule has 0 radical (unpaired) electrons. The van der Waals surface area contributed by atoms with Gasteiger partial charge in [-0.1, -0.05) is 73.8 Å². The Hall–Kier alpha value is -2.36. The Balaban J connectivity index is 1.80. The first-order valence-corrected chi connectivity index (χ1v) is 9.51. The molecular formula is C24H30N2O. The van der Waals surface area contributed by atoms with Gasteiger partial charge in [0.2, 0.25) is 0 Å². The van der Waals surface area contributed by atoms with Crippen LogP contribution in [0.5, 0.6) is 0 Å². The number of rotatable bonds is 8. The van der Waals surface area contributed by atoms with Gasteiger partial charge in [-0.05, 0) is 32.0 Å². The van der Waals surface area contributed by atoms with Crippen molar-refractivity contribution in [1.82, 2.24) is 10.2 Å². The Labute approximate surface area is 163 Å². The number of allylic oxidation sites excluding steroid dienone is 1. The summed E-state index contributed by atoms with van der Waals surface area (Å²) >= 11 is 0. The molecule has 1 unspecified atom stereocenters. The lowest BCUT2D eigenvalue weighted by molar-refractivity contribution is 0.00888. The van der Waals surface area contributed by atoms with Crippen LogP contribution in [0.3, 0.4) is 0 Å². The summed E-state index contributed by atoms with van der Waals surface area (Å²) in [6, 6.07) is 21.7. The second-order valence-electron chi connectivity index (χ2n) is 7.55. The summed E-state index contributed by atoms with van der Waals surface area (Å²) in [6.45, 7) is 14.0. The fourth-order valence-electron chi connectivity index (χ4n) is 3.86. The van der Waals surface area contributed by atoms with E-state index in [1.807, 2.05) is 14.0 Å². The molecule has 1 aliphatic heterocycles. The third-order valence-electron chi connectivity index (χ3n) is 5.72. The summed E-state index contributed by atoms with van der Waals surface area (Å²) in [4.78, 5) is 2.53. The topological polar surface area (TPSA) is 24.5 Å². The lowest BCUT2D eigenvalue weighted by atomic mass is 9.77. The van der Waals surface area contributed by atoms with Crippen LogP contribution in [0.25, 0.3) is 0 Å². The van der Waals surface area contributed by atoms with E-state index in [1.54, 1.807) is 0 Å². The van der Waals surface area contributed by atoms with Crippen LogP contribution in [-0.4, -0.2) is 30.6 Å². The number of ether oxygens (including phenoxy) is 1. The first kappa shape index (κ1) is 19.4. The molecule has 1 atom stereocenters. The average molecular weight is 363 g/mol. The molecule has 1 N–H and O–H groups in total. The molecule has 1 fully saturated rings. The van der Waals surface area contributed by atoms with Crippen molar-refractivity contribution in [2.75, 3.05) is 20.1 Å². The van der Waals surface area contributed by atoms with Gasteiger partial charge in [0.05, 0.1) is 17.3 Å². The maximum atomic E-state index is 5.76. The van der Waals surface area contributed by atoms with Crippen LogP contribution in [0.2, 0.25) is 0 Å². The van der Waals surface area contributed by atoms with Gasteiger partial charge in [0, 0.05) is 19.0 Å². The molecule has 0 bridgehead atoms. The van der Waals surface area contributed by atoms with E-state index >= 15 is 0 Å². The molecular weight excluding hydrogens is 332 g/mol. The maximum Gasteiger partial charge on any atom is 0.117 e. The zero-order chi connectivity index (χ0) is 19.4. The number of likely N-dealkylation sites (N-methyl/N-ethyl adjacent to an activating group) is 1. The van der Waals surface area contributed by atoms with Crippen LogP contribution in [0.1, 0.15) is 31.0 Å². The molecule has 0 aliphatic carbocycles. The number of benzene rings is 2. The van der Waals surface area contributed by atoms with E-state index in [0.717, 1.165) is 18.8 Å². The highest BCUT2D eigenvalue weighted by Gasteiger charge is 2.46. The molecule has 27 heavy (non-hydrogen) atoms. The van der Waals surface area contributed by atoms with E-state index in [4.69, 9.17) is 4.74 Å². The minimum absolute atomic E-state index is 0.264. The summed E-state index contributed by atoms with van der Waals surface area (Å²) in [5, 5.41) is 3.43. The largest absolute Gasteiger partial charge is 0.466 e. The first-order valence-electron chi connectivity index (χ1n) is 9.51. The van der Waals surface area contributed by atoms with E-state index in [9.17, 15) is 0 Å². The quantitative estimate of drug-likeness (QED) is 0.686. The minimum Gasteiger partial charge on any atom is -0.466 e. The summed E-state index contributed by atoms with van der Waals surface area (Å²) < 4.78 is 5.76. The molecule has 1 saturated heterocycles. The third-order valence-corrected chi connectivity index (χ3v) is 5.72. The van der Waals surface area contributed by atoms with Crippen LogP contribution in [0, 0.1) is 5.92 Å². The Morgan fingerprint density at radius 3 is 1.93 bits per heavy atom. The molecule has 3 nitrogen and oxygen atoms in total. The summed E-state index contributed by atoms with van der Waals surface area (Å²) in [7, 11) is 1.97. The standard InChI is InChI=1S/C24H30N2O/c1-18(2)27-19(3)24(4,25-5)22-16-26(17-22)23(20-12-8-6-9-13-20)21-14-10-7-11-15-21/h6-15,22-23,25H,1,3,16-17H2,2,4-5H3. The molecule has 2 aromatic carbocycles. The molecule has 1 aliphatic rings. The lowest BCUT2D eigenvalue weighted by Crippen LogP contribution is -2.63. The van der Waals surface area contributed by atoms with E-state index < -0.39 is 0 Å². The highest BCUT2D eigenvalue weighted by molar-refractivity contribution is 5.33. The van der Waals surface area contributed by atoms with Crippen molar-refractivity contribution in [2.24, 2.45) is 5.92 Å². The average Bonchev–Trinajstić information content (AvgIpc) is 2.64. The zero-order valence-electron chi connectivity index (χ0n) is 16.6. The van der Waals surface area contributed by atoms with Crippen molar-refractivity contribution in [2.45, 2.75) is 25.4 Å². The van der Waals surface area contributed by atoms with Gasteiger partial charge < -0.3 is 10.1 Å². The van der Waals surface area contributed by atoms with Crippen molar-refractivity contribution in [1.29, 1.82) is 0 Å². The third kappa shape index (κ3) is 4.00. The molecule has 0 amide bonds. The monoisotopic (exact) mass is 362 g/mol. The first-order chi connectivity index (χ1) is 13.0. The Morgan fingerprint density at radius 2 is 1.52 bits per heavy atom. The van der Waals surface area contributed by atoms with Gasteiger partial charge in [-0.15, -0.1) is 0 Å². The van der Waals surface area contributed by atoms with Gasteiger partial charge in [0.15, 0.2) is 0 Å². The van der Waals surface area contributed by atoms with Crippen molar-refractivity contribution < 1.29 is 4.74 Å². The predicted octanol–water partition coefficient (Wildman–Crippen LogP) is 4.75. The normalized spacial score (nSPS) is 17.2. The molecule has 0 saturated carbocycles. The van der Waals surface area contributed by atoms with E-state index in [2.05, 4.69) is 91.0 Å². The fraction of sp³-hybridized carbons (Fsp3) is 0.333. The van der Waals surface area contributed by atoms with Gasteiger partial charge in [0.25, 0.3) is 0 Å². The molecule has 0 spiro atoms. The molecule has 142 valence electrons. The molecule has 2 aromatic rings. The van der Waals surface area contributed by atoms with Crippen molar-refractivity contribution in [3.05, 3.63) is 96.5 Å². The van der Waals surface area contributed by atoms with Gasteiger partial charge in [-0.2, -0.15) is 0 Å². The van der Waals surface area contributed by atoms with E-state index in [0.29, 0.717) is 11.7 Å². The van der Waals surface area contributed by atoms with Gasteiger partial charge in [-0.25, -0.2) is 0 Å². The second kappa shape index (κ2) is 8.12. The van der Waals surface area contributed by atoms with Gasteiger partial charge in [0.1, 0.15) is 5.76 Å². The smallest absolute Gasteiger partial charge is 0.117 e. The number of hydrogen-bond donors (Lipinski definition) is 1. The number of nitrogens with zero attached hydrogens (tertiary/aromatic N) is 1.